The van der Waals surface area contributed by atoms with Gasteiger partial charge in [-0.05, 0) is 59.6 Å². The number of hydrogen-bond donors (Lipinski definition) is 2. The summed E-state index contributed by atoms with van der Waals surface area (Å²) in [4.78, 5) is 23.9. The number of carbonyl (C=O) groups excluding carboxylic acids is 2. The molecular weight excluding hydrogens is 431 g/mol. The number of nitrogens with one attached hydrogen (secondary N) is 2. The van der Waals surface area contributed by atoms with Crippen molar-refractivity contribution in [3.63, 3.8) is 0 Å². The third-order valence-corrected chi connectivity index (χ3v) is 4.19. The third-order valence-electron chi connectivity index (χ3n) is 3.78. The monoisotopic (exact) mass is 446 g/mol. The quantitative estimate of drug-likeness (QED) is 0.474. The Labute approximate surface area is 168 Å². The molecule has 2 N–H and O–H groups in total. The molecule has 0 bridgehead atoms. The number of halogens is 2. The van der Waals surface area contributed by atoms with E-state index in [0.29, 0.717) is 22.6 Å². The first-order valence-corrected chi connectivity index (χ1v) is 8.98. The highest BCUT2D eigenvalue weighted by Crippen LogP contribution is 2.18. The van der Waals surface area contributed by atoms with E-state index >= 15 is 0 Å². The van der Waals surface area contributed by atoms with Crippen LogP contribution in [0.5, 0.6) is 0 Å². The zero-order valence-corrected chi connectivity index (χ0v) is 16.6. The fourth-order valence-corrected chi connectivity index (χ4v) is 2.79. The van der Waals surface area contributed by atoms with E-state index in [1.165, 1.54) is 22.9 Å². The average Bonchev–Trinajstić information content (AvgIpc) is 3.22. The maximum atomic E-state index is 14.3. The van der Waals surface area contributed by atoms with E-state index in [4.69, 9.17) is 4.42 Å². The van der Waals surface area contributed by atoms with Crippen LogP contribution in [-0.2, 0) is 4.79 Å². The molecule has 3 rings (SSSR count). The van der Waals surface area contributed by atoms with Crippen LogP contribution in [0.25, 0.3) is 11.8 Å². The van der Waals surface area contributed by atoms with E-state index in [1.807, 2.05) is 0 Å². The summed E-state index contributed by atoms with van der Waals surface area (Å²) in [6.07, 6.45) is 5.80. The molecule has 1 aromatic carbocycles. The minimum atomic E-state index is -0.563. The van der Waals surface area contributed by atoms with Gasteiger partial charge in [-0.15, -0.1) is 0 Å². The number of aromatic nitrogens is 2. The van der Waals surface area contributed by atoms with E-state index in [1.54, 1.807) is 44.4 Å². The van der Waals surface area contributed by atoms with Crippen LogP contribution in [-0.4, -0.2) is 21.6 Å². The van der Waals surface area contributed by atoms with E-state index in [9.17, 15) is 14.0 Å². The Kier molecular flexibility index (Phi) is 5.74. The number of aryl methyl sites for hydroxylation is 2. The number of nitrogens with zero attached hydrogens (tertiary/aromatic N) is 2. The summed E-state index contributed by atoms with van der Waals surface area (Å²) in [5.74, 6) is -0.484. The number of furan rings is 1. The van der Waals surface area contributed by atoms with Crippen molar-refractivity contribution < 1.29 is 18.4 Å². The van der Waals surface area contributed by atoms with Crippen molar-refractivity contribution in [2.45, 2.75) is 13.8 Å². The van der Waals surface area contributed by atoms with Crippen molar-refractivity contribution in [2.24, 2.45) is 0 Å². The van der Waals surface area contributed by atoms with Gasteiger partial charge in [0, 0.05) is 12.3 Å². The highest BCUT2D eigenvalue weighted by Gasteiger charge is 2.13. The van der Waals surface area contributed by atoms with Crippen LogP contribution < -0.4 is 10.9 Å². The molecule has 9 heteroatoms. The summed E-state index contributed by atoms with van der Waals surface area (Å²) in [6.45, 7) is 3.38. The molecule has 0 spiro atoms. The van der Waals surface area contributed by atoms with Crippen LogP contribution in [0.3, 0.4) is 0 Å². The molecular formula is C19H16BrFN4O3. The highest BCUT2D eigenvalue weighted by molar-refractivity contribution is 9.10. The summed E-state index contributed by atoms with van der Waals surface area (Å²) in [6, 6.07) is 6.06. The first-order valence-electron chi connectivity index (χ1n) is 8.19. The summed E-state index contributed by atoms with van der Waals surface area (Å²) in [5, 5.41) is 4.02. The zero-order valence-electron chi connectivity index (χ0n) is 15.0. The van der Waals surface area contributed by atoms with E-state index in [2.05, 4.69) is 31.9 Å². The Morgan fingerprint density at radius 2 is 2.04 bits per heavy atom. The molecule has 0 atom stereocenters. The molecule has 2 amide bonds. The molecule has 3 aromatic rings. The van der Waals surface area contributed by atoms with Gasteiger partial charge in [-0.1, -0.05) is 6.07 Å². The molecule has 0 unspecified atom stereocenters. The van der Waals surface area contributed by atoms with Gasteiger partial charge in [-0.3, -0.25) is 20.4 Å². The molecule has 0 radical (unpaired) electrons. The maximum Gasteiger partial charge on any atom is 0.273 e. The van der Waals surface area contributed by atoms with Gasteiger partial charge in [0.25, 0.3) is 11.8 Å². The summed E-state index contributed by atoms with van der Waals surface area (Å²) in [7, 11) is 0. The SMILES string of the molecule is Cc1cc(C(=O)NNC(=O)/C=C/c2ccc(-n3cc(Br)cn3)c(F)c2)c(C)o1. The van der Waals surface area contributed by atoms with E-state index < -0.39 is 17.6 Å². The predicted octanol–water partition coefficient (Wildman–Crippen LogP) is 3.46. The van der Waals surface area contributed by atoms with Gasteiger partial charge in [-0.25, -0.2) is 9.07 Å². The van der Waals surface area contributed by atoms with Crippen LogP contribution in [0.4, 0.5) is 4.39 Å². The van der Waals surface area contributed by atoms with Gasteiger partial charge in [0.05, 0.1) is 16.2 Å². The number of hydrazine groups is 1. The first kappa shape index (κ1) is 19.6. The molecule has 7 nitrogen and oxygen atoms in total. The van der Waals surface area contributed by atoms with Crippen molar-refractivity contribution in [1.29, 1.82) is 0 Å². The molecule has 0 aliphatic rings. The normalized spacial score (nSPS) is 11.0. The van der Waals surface area contributed by atoms with Crippen LogP contribution in [0.15, 0.2) is 51.6 Å². The van der Waals surface area contributed by atoms with Gasteiger partial charge in [0.1, 0.15) is 23.0 Å². The Hall–Kier alpha value is -3.20. The minimum absolute atomic E-state index is 0.283. The largest absolute Gasteiger partial charge is 0.466 e. The van der Waals surface area contributed by atoms with Gasteiger partial charge in [-0.2, -0.15) is 5.10 Å². The molecule has 2 heterocycles. The lowest BCUT2D eigenvalue weighted by Crippen LogP contribution is -2.40. The standard InChI is InChI=1S/C19H16BrFN4O3/c1-11-7-15(12(2)28-11)19(27)24-23-18(26)6-4-13-3-5-17(16(21)8-13)25-10-14(20)9-22-25/h3-10H,1-2H3,(H,23,26)(H,24,27)/b6-4+. The minimum Gasteiger partial charge on any atom is -0.466 e. The number of benzene rings is 1. The van der Waals surface area contributed by atoms with Crippen LogP contribution in [0.1, 0.15) is 27.4 Å². The van der Waals surface area contributed by atoms with E-state index in [0.717, 1.165) is 4.47 Å². The van der Waals surface area contributed by atoms with Crippen LogP contribution >= 0.6 is 15.9 Å². The number of rotatable bonds is 4. The molecule has 28 heavy (non-hydrogen) atoms. The fourth-order valence-electron chi connectivity index (χ4n) is 2.50. The second-order valence-electron chi connectivity index (χ2n) is 5.92. The van der Waals surface area contributed by atoms with Gasteiger partial charge in [0.15, 0.2) is 0 Å². The highest BCUT2D eigenvalue weighted by atomic mass is 79.9. The van der Waals surface area contributed by atoms with Crippen molar-refractivity contribution in [3.05, 3.63) is 75.7 Å². The summed E-state index contributed by atoms with van der Waals surface area (Å²) in [5.41, 5.74) is 5.66. The van der Waals surface area contributed by atoms with Crippen LogP contribution in [0, 0.1) is 19.7 Å². The second-order valence-corrected chi connectivity index (χ2v) is 6.83. The Balaban J connectivity index is 1.60. The lowest BCUT2D eigenvalue weighted by atomic mass is 10.2. The van der Waals surface area contributed by atoms with E-state index in [-0.39, 0.29) is 5.69 Å². The lowest BCUT2D eigenvalue weighted by molar-refractivity contribution is -0.117. The molecule has 0 saturated carbocycles. The summed E-state index contributed by atoms with van der Waals surface area (Å²) >= 11 is 3.26. The maximum absolute atomic E-state index is 14.3. The average molecular weight is 447 g/mol. The van der Waals surface area contributed by atoms with Gasteiger partial charge < -0.3 is 4.42 Å². The topological polar surface area (TPSA) is 89.2 Å². The molecule has 0 aliphatic carbocycles. The zero-order chi connectivity index (χ0) is 20.3. The molecule has 0 saturated heterocycles. The molecule has 0 fully saturated rings. The fraction of sp³-hybridized carbons (Fsp3) is 0.105. The van der Waals surface area contributed by atoms with Crippen molar-refractivity contribution in [1.82, 2.24) is 20.6 Å². The molecule has 0 aliphatic heterocycles. The number of hydrogen-bond acceptors (Lipinski definition) is 4. The van der Waals surface area contributed by atoms with Gasteiger partial charge in [0.2, 0.25) is 0 Å². The smallest absolute Gasteiger partial charge is 0.273 e. The lowest BCUT2D eigenvalue weighted by Gasteiger charge is -2.05. The van der Waals surface area contributed by atoms with Crippen molar-refractivity contribution in [3.8, 4) is 5.69 Å². The first-order chi connectivity index (χ1) is 13.3. The molecule has 144 valence electrons. The Bertz CT molecular complexity index is 1070. The summed E-state index contributed by atoms with van der Waals surface area (Å²) < 4.78 is 21.7. The Morgan fingerprint density at radius 3 is 2.64 bits per heavy atom. The van der Waals surface area contributed by atoms with Gasteiger partial charge >= 0.3 is 0 Å². The van der Waals surface area contributed by atoms with Crippen LogP contribution in [0.2, 0.25) is 0 Å². The third kappa shape index (κ3) is 4.55. The molecule has 2 aromatic heterocycles. The predicted molar refractivity (Wildman–Crippen MR) is 104 cm³/mol. The second kappa shape index (κ2) is 8.22. The number of carbonyl (C=O) groups is 2. The number of amides is 2. The van der Waals surface area contributed by atoms with Crippen molar-refractivity contribution in [2.75, 3.05) is 0 Å². The Morgan fingerprint density at radius 1 is 1.25 bits per heavy atom. The van der Waals surface area contributed by atoms with Crippen molar-refractivity contribution >= 4 is 33.8 Å².